The van der Waals surface area contributed by atoms with Gasteiger partial charge in [-0.2, -0.15) is 0 Å². The molecule has 5 nitrogen and oxygen atoms in total. The summed E-state index contributed by atoms with van der Waals surface area (Å²) in [6.45, 7) is 13.5. The number of nitrogens with one attached hydrogen (secondary N) is 1. The first kappa shape index (κ1) is 19.7. The van der Waals surface area contributed by atoms with Crippen LogP contribution in [0.2, 0.25) is 0 Å². The lowest BCUT2D eigenvalue weighted by atomic mass is 9.67. The standard InChI is InChI=1S/C21H37N3O2/c1-14(2)12-24-13-16-10-15-11-23-18(16)19(24)17(15)8-6-7-9-22-20(25)26-21(3,4)5/h11,14-19H,6-10,12-13H2,1-5H3,(H,22,25). The molecule has 0 aromatic rings. The van der Waals surface area contributed by atoms with Crippen LogP contribution in [0.4, 0.5) is 4.79 Å². The number of alkyl carbamates (subject to hydrolysis) is 1. The van der Waals surface area contributed by atoms with E-state index in [1.165, 1.54) is 25.9 Å². The first-order chi connectivity index (χ1) is 12.2. The van der Waals surface area contributed by atoms with Gasteiger partial charge >= 0.3 is 6.09 Å². The molecule has 3 heterocycles. The molecular weight excluding hydrogens is 326 g/mol. The highest BCUT2D eigenvalue weighted by molar-refractivity contribution is 5.67. The molecule has 1 saturated carbocycles. The first-order valence-corrected chi connectivity index (χ1v) is 10.5. The Morgan fingerprint density at radius 3 is 2.81 bits per heavy atom. The van der Waals surface area contributed by atoms with E-state index >= 15 is 0 Å². The van der Waals surface area contributed by atoms with Gasteiger partial charge in [-0.05, 0) is 63.7 Å². The lowest BCUT2D eigenvalue weighted by Gasteiger charge is -2.44. The molecular formula is C21H37N3O2. The predicted octanol–water partition coefficient (Wildman–Crippen LogP) is 3.73. The van der Waals surface area contributed by atoms with Gasteiger partial charge in [0.2, 0.25) is 0 Å². The van der Waals surface area contributed by atoms with Crippen LogP contribution < -0.4 is 5.32 Å². The maximum absolute atomic E-state index is 11.7. The normalized spacial score (nSPS) is 33.1. The molecule has 26 heavy (non-hydrogen) atoms. The Kier molecular flexibility index (Phi) is 5.95. The van der Waals surface area contributed by atoms with Gasteiger partial charge in [0.25, 0.3) is 0 Å². The van der Waals surface area contributed by atoms with Crippen molar-refractivity contribution >= 4 is 12.3 Å². The summed E-state index contributed by atoms with van der Waals surface area (Å²) in [6.07, 6.45) is 6.72. The quantitative estimate of drug-likeness (QED) is 0.701. The molecule has 5 heteroatoms. The van der Waals surface area contributed by atoms with Gasteiger partial charge in [-0.25, -0.2) is 4.79 Å². The van der Waals surface area contributed by atoms with E-state index in [1.807, 2.05) is 20.8 Å². The van der Waals surface area contributed by atoms with Crippen LogP contribution in [0.25, 0.3) is 0 Å². The summed E-state index contributed by atoms with van der Waals surface area (Å²) in [5.74, 6) is 2.93. The lowest BCUT2D eigenvalue weighted by Crippen LogP contribution is -2.51. The van der Waals surface area contributed by atoms with Crippen molar-refractivity contribution in [2.75, 3.05) is 19.6 Å². The average molecular weight is 364 g/mol. The molecule has 4 bridgehead atoms. The highest BCUT2D eigenvalue weighted by Gasteiger charge is 2.53. The minimum absolute atomic E-state index is 0.303. The number of likely N-dealkylation sites (tertiary alicyclic amines) is 1. The maximum atomic E-state index is 11.7. The van der Waals surface area contributed by atoms with Gasteiger partial charge in [0.15, 0.2) is 0 Å². The first-order valence-electron chi connectivity index (χ1n) is 10.5. The molecule has 2 fully saturated rings. The second-order valence-corrected chi connectivity index (χ2v) is 9.88. The van der Waals surface area contributed by atoms with Gasteiger partial charge in [0, 0.05) is 31.9 Å². The summed E-state index contributed by atoms with van der Waals surface area (Å²) in [5, 5.41) is 2.88. The van der Waals surface area contributed by atoms with E-state index in [0.29, 0.717) is 24.5 Å². The van der Waals surface area contributed by atoms with Crippen molar-refractivity contribution in [2.45, 2.75) is 78.0 Å². The fourth-order valence-corrected chi connectivity index (χ4v) is 5.19. The Labute approximate surface area is 159 Å². The molecule has 0 aromatic carbocycles. The Morgan fingerprint density at radius 2 is 2.12 bits per heavy atom. The van der Waals surface area contributed by atoms with Crippen LogP contribution in [0.1, 0.15) is 60.3 Å². The fourth-order valence-electron chi connectivity index (χ4n) is 5.19. The van der Waals surface area contributed by atoms with Crippen LogP contribution in [0.15, 0.2) is 4.99 Å². The van der Waals surface area contributed by atoms with Crippen molar-refractivity contribution in [3.8, 4) is 0 Å². The number of nitrogens with zero attached hydrogens (tertiary/aromatic N) is 2. The number of carbonyl (C=O) groups excluding carboxylic acids is 1. The van der Waals surface area contributed by atoms with Gasteiger partial charge in [0.05, 0.1) is 6.04 Å². The van der Waals surface area contributed by atoms with Crippen molar-refractivity contribution in [1.29, 1.82) is 0 Å². The molecule has 0 aromatic heterocycles. The highest BCUT2D eigenvalue weighted by atomic mass is 16.6. The third-order valence-electron chi connectivity index (χ3n) is 5.97. The zero-order valence-electron chi connectivity index (χ0n) is 17.2. The number of hydrogen-bond acceptors (Lipinski definition) is 4. The van der Waals surface area contributed by atoms with Crippen molar-refractivity contribution in [2.24, 2.45) is 28.7 Å². The van der Waals surface area contributed by atoms with Crippen molar-refractivity contribution < 1.29 is 9.53 Å². The molecule has 4 aliphatic rings. The van der Waals surface area contributed by atoms with Crippen LogP contribution in [0.5, 0.6) is 0 Å². The van der Waals surface area contributed by atoms with Gasteiger partial charge in [-0.3, -0.25) is 9.89 Å². The van der Waals surface area contributed by atoms with E-state index < -0.39 is 5.60 Å². The fraction of sp³-hybridized carbons (Fsp3) is 0.905. The van der Waals surface area contributed by atoms with Gasteiger partial charge in [0.1, 0.15) is 5.60 Å². The molecule has 1 saturated heterocycles. The second kappa shape index (κ2) is 7.87. The smallest absolute Gasteiger partial charge is 0.407 e. The largest absolute Gasteiger partial charge is 0.444 e. The Bertz CT molecular complexity index is 526. The molecule has 1 N–H and O–H groups in total. The summed E-state index contributed by atoms with van der Waals surface area (Å²) < 4.78 is 5.29. The second-order valence-electron chi connectivity index (χ2n) is 9.88. The topological polar surface area (TPSA) is 53.9 Å². The van der Waals surface area contributed by atoms with Gasteiger partial charge in [-0.15, -0.1) is 0 Å². The Morgan fingerprint density at radius 1 is 1.35 bits per heavy atom. The molecule has 5 atom stereocenters. The van der Waals surface area contributed by atoms with E-state index in [9.17, 15) is 4.79 Å². The summed E-state index contributed by atoms with van der Waals surface area (Å²) in [4.78, 5) is 19.3. The number of rotatable bonds is 7. The maximum Gasteiger partial charge on any atom is 0.407 e. The van der Waals surface area contributed by atoms with Crippen LogP contribution in [-0.2, 0) is 4.74 Å². The number of amides is 1. The molecule has 4 rings (SSSR count). The highest BCUT2D eigenvalue weighted by Crippen LogP contribution is 2.48. The zero-order valence-corrected chi connectivity index (χ0v) is 17.2. The van der Waals surface area contributed by atoms with Crippen LogP contribution >= 0.6 is 0 Å². The summed E-state index contributed by atoms with van der Waals surface area (Å²) in [5.41, 5.74) is -0.427. The number of ether oxygens (including phenoxy) is 1. The average Bonchev–Trinajstić information content (AvgIpc) is 2.80. The minimum Gasteiger partial charge on any atom is -0.444 e. The number of aliphatic imine (C=N–C) groups is 1. The molecule has 3 aliphatic heterocycles. The van der Waals surface area contributed by atoms with Gasteiger partial charge in [-0.1, -0.05) is 20.3 Å². The van der Waals surface area contributed by atoms with Crippen molar-refractivity contribution in [1.82, 2.24) is 10.2 Å². The third-order valence-corrected chi connectivity index (χ3v) is 5.97. The van der Waals surface area contributed by atoms with Crippen molar-refractivity contribution in [3.05, 3.63) is 0 Å². The Hall–Kier alpha value is -1.10. The third kappa shape index (κ3) is 4.59. The molecule has 1 amide bonds. The van der Waals surface area contributed by atoms with E-state index in [2.05, 4.69) is 30.3 Å². The van der Waals surface area contributed by atoms with Gasteiger partial charge < -0.3 is 10.1 Å². The van der Waals surface area contributed by atoms with Crippen LogP contribution in [-0.4, -0.2) is 54.5 Å². The molecule has 1 aliphatic carbocycles. The Balaban J connectivity index is 1.44. The van der Waals surface area contributed by atoms with E-state index in [0.717, 1.165) is 30.6 Å². The zero-order chi connectivity index (χ0) is 18.9. The molecule has 0 radical (unpaired) electrons. The lowest BCUT2D eigenvalue weighted by molar-refractivity contribution is 0.0526. The molecule has 148 valence electrons. The number of unbranched alkanes of at least 4 members (excludes halogenated alkanes) is 1. The molecule has 0 spiro atoms. The summed E-state index contributed by atoms with van der Waals surface area (Å²) in [6, 6.07) is 1.20. The predicted molar refractivity (Wildman–Crippen MR) is 106 cm³/mol. The SMILES string of the molecule is CC(C)CN1CC2CC3C=NC2C1C3CCCCNC(=O)OC(C)(C)C. The van der Waals surface area contributed by atoms with E-state index in [4.69, 9.17) is 9.73 Å². The summed E-state index contributed by atoms with van der Waals surface area (Å²) in [7, 11) is 0. The van der Waals surface area contributed by atoms with E-state index in [1.54, 1.807) is 0 Å². The van der Waals surface area contributed by atoms with E-state index in [-0.39, 0.29) is 6.09 Å². The van der Waals surface area contributed by atoms with Crippen LogP contribution in [0.3, 0.4) is 0 Å². The molecule has 5 unspecified atom stereocenters. The summed E-state index contributed by atoms with van der Waals surface area (Å²) >= 11 is 0. The number of hydrogen-bond donors (Lipinski definition) is 1. The number of carbonyl (C=O) groups is 1. The van der Waals surface area contributed by atoms with Crippen LogP contribution in [0, 0.1) is 23.7 Å². The monoisotopic (exact) mass is 363 g/mol. The minimum atomic E-state index is -0.427. The van der Waals surface area contributed by atoms with Crippen molar-refractivity contribution in [3.63, 3.8) is 0 Å².